The van der Waals surface area contributed by atoms with Gasteiger partial charge in [-0.15, -0.1) is 0 Å². The SMILES string of the molecule is OC(c1cnn(C2CCCCO2)c1)C1CCOC1. The molecule has 100 valence electrons. The van der Waals surface area contributed by atoms with Crippen molar-refractivity contribution in [2.75, 3.05) is 19.8 Å². The van der Waals surface area contributed by atoms with Gasteiger partial charge in [0.1, 0.15) is 6.23 Å². The summed E-state index contributed by atoms with van der Waals surface area (Å²) in [4.78, 5) is 0. The number of rotatable bonds is 3. The molecule has 0 aromatic carbocycles. The van der Waals surface area contributed by atoms with Gasteiger partial charge >= 0.3 is 0 Å². The summed E-state index contributed by atoms with van der Waals surface area (Å²) < 4.78 is 12.8. The van der Waals surface area contributed by atoms with E-state index in [2.05, 4.69) is 5.10 Å². The Morgan fingerprint density at radius 2 is 2.28 bits per heavy atom. The van der Waals surface area contributed by atoms with Gasteiger partial charge in [-0.2, -0.15) is 5.10 Å². The average molecular weight is 252 g/mol. The van der Waals surface area contributed by atoms with E-state index in [-0.39, 0.29) is 12.1 Å². The van der Waals surface area contributed by atoms with Crippen molar-refractivity contribution >= 4 is 0 Å². The van der Waals surface area contributed by atoms with Gasteiger partial charge in [0.2, 0.25) is 0 Å². The molecule has 3 atom stereocenters. The van der Waals surface area contributed by atoms with Crippen molar-refractivity contribution in [2.45, 2.75) is 38.0 Å². The van der Waals surface area contributed by atoms with Crippen LogP contribution in [0, 0.1) is 5.92 Å². The normalized spacial score (nSPS) is 30.5. The highest BCUT2D eigenvalue weighted by atomic mass is 16.5. The van der Waals surface area contributed by atoms with Gasteiger partial charge in [0.05, 0.1) is 18.9 Å². The first kappa shape index (κ1) is 12.1. The maximum Gasteiger partial charge on any atom is 0.150 e. The van der Waals surface area contributed by atoms with Gasteiger partial charge in [0.25, 0.3) is 0 Å². The predicted molar refractivity (Wildman–Crippen MR) is 65.0 cm³/mol. The van der Waals surface area contributed by atoms with Gasteiger partial charge in [-0.3, -0.25) is 0 Å². The first-order valence-corrected chi connectivity index (χ1v) is 6.76. The fourth-order valence-corrected chi connectivity index (χ4v) is 2.67. The first-order chi connectivity index (χ1) is 8.84. The van der Waals surface area contributed by atoms with Crippen LogP contribution in [0.15, 0.2) is 12.4 Å². The molecule has 18 heavy (non-hydrogen) atoms. The second kappa shape index (κ2) is 5.38. The molecule has 2 aliphatic rings. The smallest absolute Gasteiger partial charge is 0.150 e. The molecule has 1 aromatic heterocycles. The second-order valence-electron chi connectivity index (χ2n) is 5.14. The number of aliphatic hydroxyl groups is 1. The molecule has 5 heteroatoms. The van der Waals surface area contributed by atoms with Crippen molar-refractivity contribution < 1.29 is 14.6 Å². The Morgan fingerprint density at radius 3 is 3.00 bits per heavy atom. The van der Waals surface area contributed by atoms with Crippen molar-refractivity contribution in [1.82, 2.24) is 9.78 Å². The predicted octanol–water partition coefficient (Wildman–Crippen LogP) is 1.65. The van der Waals surface area contributed by atoms with E-state index < -0.39 is 6.10 Å². The Hall–Kier alpha value is -0.910. The van der Waals surface area contributed by atoms with Gasteiger partial charge in [-0.1, -0.05) is 0 Å². The Kier molecular flexibility index (Phi) is 3.63. The molecule has 2 saturated heterocycles. The Labute approximate surface area is 107 Å². The second-order valence-corrected chi connectivity index (χ2v) is 5.14. The summed E-state index contributed by atoms with van der Waals surface area (Å²) in [5.74, 6) is 0.204. The number of hydrogen-bond acceptors (Lipinski definition) is 4. The fourth-order valence-electron chi connectivity index (χ4n) is 2.67. The lowest BCUT2D eigenvalue weighted by molar-refractivity contribution is -0.0396. The Balaban J connectivity index is 1.68. The molecular formula is C13H20N2O3. The van der Waals surface area contributed by atoms with Gasteiger partial charge in [-0.05, 0) is 25.7 Å². The highest BCUT2D eigenvalue weighted by Gasteiger charge is 2.27. The first-order valence-electron chi connectivity index (χ1n) is 6.76. The van der Waals surface area contributed by atoms with Crippen molar-refractivity contribution in [2.24, 2.45) is 5.92 Å². The van der Waals surface area contributed by atoms with E-state index in [0.717, 1.165) is 38.0 Å². The number of aromatic nitrogens is 2. The lowest BCUT2D eigenvalue weighted by Gasteiger charge is -2.22. The molecule has 0 radical (unpaired) electrons. The molecule has 1 aromatic rings. The summed E-state index contributed by atoms with van der Waals surface area (Å²) >= 11 is 0. The van der Waals surface area contributed by atoms with Crippen LogP contribution in [0.3, 0.4) is 0 Å². The minimum atomic E-state index is -0.468. The van der Waals surface area contributed by atoms with Crippen LogP contribution in [0.5, 0.6) is 0 Å². The van der Waals surface area contributed by atoms with Crippen molar-refractivity contribution in [1.29, 1.82) is 0 Å². The zero-order valence-corrected chi connectivity index (χ0v) is 10.5. The third-order valence-electron chi connectivity index (χ3n) is 3.83. The lowest BCUT2D eigenvalue weighted by atomic mass is 9.97. The molecule has 0 aliphatic carbocycles. The fraction of sp³-hybridized carbons (Fsp3) is 0.769. The maximum absolute atomic E-state index is 10.3. The van der Waals surface area contributed by atoms with E-state index in [0.29, 0.717) is 6.61 Å². The molecule has 3 unspecified atom stereocenters. The summed E-state index contributed by atoms with van der Waals surface area (Å²) in [6.07, 6.45) is 7.48. The summed E-state index contributed by atoms with van der Waals surface area (Å²) in [5, 5.41) is 14.6. The molecule has 3 rings (SSSR count). The zero-order chi connectivity index (χ0) is 12.4. The Morgan fingerprint density at radius 1 is 1.33 bits per heavy atom. The van der Waals surface area contributed by atoms with Crippen LogP contribution >= 0.6 is 0 Å². The highest BCUT2D eigenvalue weighted by molar-refractivity contribution is 5.10. The minimum absolute atomic E-state index is 0.0412. The van der Waals surface area contributed by atoms with E-state index in [1.54, 1.807) is 6.20 Å². The summed E-state index contributed by atoms with van der Waals surface area (Å²) in [6, 6.07) is 0. The monoisotopic (exact) mass is 252 g/mol. The average Bonchev–Trinajstić information content (AvgIpc) is 3.10. The number of hydrogen-bond donors (Lipinski definition) is 1. The molecular weight excluding hydrogens is 232 g/mol. The minimum Gasteiger partial charge on any atom is -0.388 e. The van der Waals surface area contributed by atoms with Crippen molar-refractivity contribution in [3.63, 3.8) is 0 Å². The molecule has 0 amide bonds. The topological polar surface area (TPSA) is 56.5 Å². The lowest BCUT2D eigenvalue weighted by Crippen LogP contribution is -2.18. The molecule has 0 bridgehead atoms. The van der Waals surface area contributed by atoms with Gasteiger partial charge < -0.3 is 14.6 Å². The number of nitrogens with zero attached hydrogens (tertiary/aromatic N) is 2. The molecule has 2 fully saturated rings. The maximum atomic E-state index is 10.3. The van der Waals surface area contributed by atoms with Crippen LogP contribution in [0.4, 0.5) is 0 Å². The Bertz CT molecular complexity index is 381. The highest BCUT2D eigenvalue weighted by Crippen LogP contribution is 2.29. The molecule has 5 nitrogen and oxygen atoms in total. The summed E-state index contributed by atoms with van der Waals surface area (Å²) in [5.41, 5.74) is 0.875. The van der Waals surface area contributed by atoms with Crippen LogP contribution in [0.1, 0.15) is 43.6 Å². The van der Waals surface area contributed by atoms with Crippen LogP contribution in [0.2, 0.25) is 0 Å². The molecule has 1 N–H and O–H groups in total. The number of ether oxygens (including phenoxy) is 2. The molecule has 0 spiro atoms. The van der Waals surface area contributed by atoms with E-state index in [1.807, 2.05) is 10.9 Å². The van der Waals surface area contributed by atoms with Crippen molar-refractivity contribution in [3.8, 4) is 0 Å². The van der Waals surface area contributed by atoms with Crippen LogP contribution < -0.4 is 0 Å². The van der Waals surface area contributed by atoms with Crippen LogP contribution in [-0.2, 0) is 9.47 Å². The number of aliphatic hydroxyl groups excluding tert-OH is 1. The van der Waals surface area contributed by atoms with Gasteiger partial charge in [-0.25, -0.2) is 4.68 Å². The summed E-state index contributed by atoms with van der Waals surface area (Å²) in [7, 11) is 0. The molecule has 2 aliphatic heterocycles. The van der Waals surface area contributed by atoms with E-state index in [4.69, 9.17) is 9.47 Å². The standard InChI is InChI=1S/C13H20N2O3/c16-13(10-4-6-17-9-10)11-7-14-15(8-11)12-3-1-2-5-18-12/h7-8,10,12-13,16H,1-6,9H2. The zero-order valence-electron chi connectivity index (χ0n) is 10.5. The van der Waals surface area contributed by atoms with Gasteiger partial charge in [0.15, 0.2) is 0 Å². The quantitative estimate of drug-likeness (QED) is 0.888. The van der Waals surface area contributed by atoms with Crippen molar-refractivity contribution in [3.05, 3.63) is 18.0 Å². The van der Waals surface area contributed by atoms with E-state index in [9.17, 15) is 5.11 Å². The van der Waals surface area contributed by atoms with E-state index in [1.165, 1.54) is 6.42 Å². The summed E-state index contributed by atoms with van der Waals surface area (Å²) in [6.45, 7) is 2.20. The van der Waals surface area contributed by atoms with E-state index >= 15 is 0 Å². The largest absolute Gasteiger partial charge is 0.388 e. The molecule has 3 heterocycles. The van der Waals surface area contributed by atoms with Crippen LogP contribution in [0.25, 0.3) is 0 Å². The third-order valence-corrected chi connectivity index (χ3v) is 3.83. The van der Waals surface area contributed by atoms with Gasteiger partial charge in [0, 0.05) is 30.9 Å². The molecule has 0 saturated carbocycles. The third kappa shape index (κ3) is 2.43. The van der Waals surface area contributed by atoms with Crippen LogP contribution in [-0.4, -0.2) is 34.7 Å².